The minimum Gasteiger partial charge on any atom is -0.448 e. The third-order valence-corrected chi connectivity index (χ3v) is 4.41. The number of carbonyl (C=O) groups excluding carboxylic acids is 1. The van der Waals surface area contributed by atoms with Crippen molar-refractivity contribution in [2.45, 2.75) is 12.3 Å². The lowest BCUT2D eigenvalue weighted by Crippen LogP contribution is -2.39. The maximum absolute atomic E-state index is 12.6. The van der Waals surface area contributed by atoms with E-state index in [4.69, 9.17) is 4.55 Å². The van der Waals surface area contributed by atoms with Crippen molar-refractivity contribution in [3.05, 3.63) is 30.9 Å². The zero-order chi connectivity index (χ0) is 16.4. The van der Waals surface area contributed by atoms with Crippen LogP contribution in [0.3, 0.4) is 0 Å². The van der Waals surface area contributed by atoms with Gasteiger partial charge in [0.15, 0.2) is 0 Å². The van der Waals surface area contributed by atoms with Crippen LogP contribution in [-0.4, -0.2) is 37.0 Å². The first-order valence-corrected chi connectivity index (χ1v) is 8.85. The highest BCUT2D eigenvalue weighted by Gasteiger charge is 2.45. The summed E-state index contributed by atoms with van der Waals surface area (Å²) in [6, 6.07) is 4.31. The quantitative estimate of drug-likeness (QED) is 0.355. The first kappa shape index (κ1) is 18.9. The minimum atomic E-state index is -5.11. The number of ether oxygens (including phenoxy) is 1. The average Bonchev–Trinajstić information content (AvgIpc) is 2.24. The largest absolute Gasteiger partial charge is 0.448 e. The Bertz CT molecular complexity index is 645. The first-order chi connectivity index (χ1) is 9.40. The van der Waals surface area contributed by atoms with Crippen LogP contribution in [0.5, 0.6) is 0 Å². The van der Waals surface area contributed by atoms with Gasteiger partial charge in [0, 0.05) is 7.14 Å². The van der Waals surface area contributed by atoms with E-state index in [0.717, 1.165) is 3.57 Å². The molecule has 1 N–H and O–H groups in total. The molecule has 0 heterocycles. The summed E-state index contributed by atoms with van der Waals surface area (Å²) in [5.74, 6) is -3.06. The van der Waals surface area contributed by atoms with Gasteiger partial charge in [-0.05, 0) is 63.4 Å². The van der Waals surface area contributed by atoms with Crippen LogP contribution in [0.1, 0.15) is 10.4 Å². The minimum absolute atomic E-state index is 0.124. The highest BCUT2D eigenvalue weighted by molar-refractivity contribution is 14.1. The molecule has 0 fully saturated rings. The predicted molar refractivity (Wildman–Crippen MR) is 83.6 cm³/mol. The molecule has 0 aliphatic heterocycles. The molecular weight excluding hydrogens is 543 g/mol. The molecular formula is C10H7F3I2O5S. The van der Waals surface area contributed by atoms with E-state index in [0.29, 0.717) is 3.57 Å². The molecule has 21 heavy (non-hydrogen) atoms. The van der Waals surface area contributed by atoms with Crippen LogP contribution in [0.25, 0.3) is 0 Å². The van der Waals surface area contributed by atoms with E-state index in [1.54, 1.807) is 28.7 Å². The number of rotatable bonds is 4. The Hall–Kier alpha value is -0.150. The van der Waals surface area contributed by atoms with Crippen molar-refractivity contribution in [2.75, 3.05) is 5.75 Å². The maximum Gasteiger partial charge on any atom is 0.426 e. The van der Waals surface area contributed by atoms with Crippen molar-refractivity contribution in [3.8, 4) is 0 Å². The lowest BCUT2D eigenvalue weighted by molar-refractivity contribution is -0.197. The van der Waals surface area contributed by atoms with Crippen LogP contribution in [0.15, 0.2) is 18.2 Å². The van der Waals surface area contributed by atoms with Crippen LogP contribution in [0.2, 0.25) is 0 Å². The lowest BCUT2D eigenvalue weighted by atomic mass is 10.2. The number of hydrogen-bond donors (Lipinski definition) is 1. The molecule has 0 amide bonds. The molecule has 0 saturated heterocycles. The Labute approximate surface area is 145 Å². The first-order valence-electron chi connectivity index (χ1n) is 5.08. The van der Waals surface area contributed by atoms with Gasteiger partial charge in [-0.3, -0.25) is 4.55 Å². The van der Waals surface area contributed by atoms with E-state index in [1.165, 1.54) is 12.1 Å². The highest BCUT2D eigenvalue weighted by Crippen LogP contribution is 2.26. The standard InChI is InChI=1S/C10H7F3I2O5S/c11-10(12,13)8(4-21(17,18)19)20-9(16)6-2-1-5(14)3-7(6)15/h1-3,8H,4H2,(H,17,18,19). The van der Waals surface area contributed by atoms with E-state index in [9.17, 15) is 26.4 Å². The fourth-order valence-electron chi connectivity index (χ4n) is 1.23. The molecule has 0 spiro atoms. The zero-order valence-electron chi connectivity index (χ0n) is 9.89. The summed E-state index contributed by atoms with van der Waals surface area (Å²) in [5, 5.41) is 0. The number of esters is 1. The van der Waals surface area contributed by atoms with Crippen molar-refractivity contribution in [2.24, 2.45) is 0 Å². The van der Waals surface area contributed by atoms with Gasteiger partial charge in [-0.15, -0.1) is 0 Å². The molecule has 0 aliphatic rings. The fraction of sp³-hybridized carbons (Fsp3) is 0.300. The Morgan fingerprint density at radius 3 is 2.33 bits per heavy atom. The van der Waals surface area contributed by atoms with Gasteiger partial charge in [-0.1, -0.05) is 0 Å². The molecule has 1 unspecified atom stereocenters. The van der Waals surface area contributed by atoms with Crippen LogP contribution in [-0.2, 0) is 14.9 Å². The number of halogens is 5. The second-order valence-electron chi connectivity index (χ2n) is 3.81. The van der Waals surface area contributed by atoms with Crippen LogP contribution < -0.4 is 0 Å². The van der Waals surface area contributed by atoms with Gasteiger partial charge in [-0.2, -0.15) is 21.6 Å². The summed E-state index contributed by atoms with van der Waals surface area (Å²) in [7, 11) is -4.95. The van der Waals surface area contributed by atoms with Crippen molar-refractivity contribution >= 4 is 61.3 Å². The van der Waals surface area contributed by atoms with Gasteiger partial charge in [0.1, 0.15) is 5.75 Å². The second-order valence-corrected chi connectivity index (χ2v) is 7.71. The molecule has 11 heteroatoms. The van der Waals surface area contributed by atoms with Crippen LogP contribution in [0.4, 0.5) is 13.2 Å². The van der Waals surface area contributed by atoms with Crippen molar-refractivity contribution < 1.29 is 35.7 Å². The summed E-state index contributed by atoms with van der Waals surface area (Å²) < 4.78 is 72.9. The normalized spacial score (nSPS) is 13.8. The van der Waals surface area contributed by atoms with Crippen LogP contribution in [0, 0.1) is 7.14 Å². The predicted octanol–water partition coefficient (Wildman–Crippen LogP) is 2.87. The molecule has 1 aromatic rings. The maximum atomic E-state index is 12.6. The molecule has 1 aromatic carbocycles. The summed E-state index contributed by atoms with van der Waals surface area (Å²) >= 11 is 3.70. The number of hydrogen-bond acceptors (Lipinski definition) is 4. The number of alkyl halides is 3. The third-order valence-electron chi connectivity index (χ3n) is 2.13. The van der Waals surface area contributed by atoms with Gasteiger partial charge >= 0.3 is 12.1 Å². The average molecular weight is 550 g/mol. The Morgan fingerprint density at radius 2 is 1.90 bits per heavy atom. The Morgan fingerprint density at radius 1 is 1.33 bits per heavy atom. The van der Waals surface area contributed by atoms with Crippen LogP contribution >= 0.6 is 45.2 Å². The van der Waals surface area contributed by atoms with Crippen molar-refractivity contribution in [1.29, 1.82) is 0 Å². The molecule has 0 aromatic heterocycles. The topological polar surface area (TPSA) is 80.7 Å². The smallest absolute Gasteiger partial charge is 0.426 e. The molecule has 1 atom stereocenters. The molecule has 0 radical (unpaired) electrons. The van der Waals surface area contributed by atoms with Crippen molar-refractivity contribution in [3.63, 3.8) is 0 Å². The summed E-state index contributed by atoms with van der Waals surface area (Å²) in [4.78, 5) is 11.7. The number of carbonyl (C=O) groups is 1. The van der Waals surface area contributed by atoms with Gasteiger partial charge in [0.2, 0.25) is 6.10 Å². The van der Waals surface area contributed by atoms with Gasteiger partial charge in [-0.25, -0.2) is 4.79 Å². The molecule has 0 bridgehead atoms. The van der Waals surface area contributed by atoms with Gasteiger partial charge in [0.05, 0.1) is 5.56 Å². The lowest BCUT2D eigenvalue weighted by Gasteiger charge is -2.19. The Kier molecular flexibility index (Phi) is 6.26. The highest BCUT2D eigenvalue weighted by atomic mass is 127. The van der Waals surface area contributed by atoms with E-state index in [1.807, 2.05) is 22.6 Å². The molecule has 1 rings (SSSR count). The SMILES string of the molecule is O=C(OC(CS(=O)(=O)O)C(F)(F)F)c1ccc(I)cc1I. The third kappa shape index (κ3) is 6.23. The monoisotopic (exact) mass is 550 g/mol. The summed E-state index contributed by atoms with van der Waals surface area (Å²) in [5.41, 5.74) is -0.124. The zero-order valence-corrected chi connectivity index (χ0v) is 15.0. The molecule has 118 valence electrons. The molecule has 0 aliphatic carbocycles. The van der Waals surface area contributed by atoms with Crippen molar-refractivity contribution in [1.82, 2.24) is 0 Å². The molecule has 0 saturated carbocycles. The second kappa shape index (κ2) is 6.95. The van der Waals surface area contributed by atoms with Gasteiger partial charge in [0.25, 0.3) is 10.1 Å². The summed E-state index contributed by atoms with van der Waals surface area (Å²) in [6.45, 7) is 0. The fourth-order valence-corrected chi connectivity index (χ4v) is 3.70. The number of benzene rings is 1. The van der Waals surface area contributed by atoms with Gasteiger partial charge < -0.3 is 4.74 Å². The van der Waals surface area contributed by atoms with E-state index in [-0.39, 0.29) is 5.56 Å². The van der Waals surface area contributed by atoms with E-state index < -0.39 is 34.1 Å². The van der Waals surface area contributed by atoms with E-state index in [2.05, 4.69) is 4.74 Å². The van der Waals surface area contributed by atoms with E-state index >= 15 is 0 Å². The molecule has 5 nitrogen and oxygen atoms in total. The Balaban J connectivity index is 3.01. The summed E-state index contributed by atoms with van der Waals surface area (Å²) in [6.07, 6.45) is -8.05.